The molecule has 0 spiro atoms. The maximum Gasteiger partial charge on any atom is 0.472 e. The standard InChI is InChI=1S/C52H91O13P/c1-3-5-7-9-11-13-15-17-19-20-21-22-23-24-25-26-27-29-31-33-35-37-39-41-46(54)64-44(43-63-66(60,61)65-52-50(58)48(56)47(55)49(57)51(52)59)42-62-45(53)40-38-36-34-32-30-28-18-16-14-12-10-8-6-4-2/h5,7,11,13,16-19,21-22,44,47-52,55-59H,3-4,6,8-10,12,14-15,20,23-43H2,1-2H3,(H,60,61)/b7-5-,13-11-,18-16-,19-17-,22-21-. The van der Waals surface area contributed by atoms with Gasteiger partial charge < -0.3 is 39.9 Å². The molecule has 13 nitrogen and oxygen atoms in total. The maximum atomic E-state index is 12.8. The first kappa shape index (κ1) is 61.6. The highest BCUT2D eigenvalue weighted by Gasteiger charge is 2.51. The van der Waals surface area contributed by atoms with Crippen LogP contribution in [-0.4, -0.2) is 98.3 Å². The number of hydrogen-bond donors (Lipinski definition) is 6. The molecule has 0 aromatic carbocycles. The minimum atomic E-state index is -5.13. The van der Waals surface area contributed by atoms with E-state index in [4.69, 9.17) is 18.5 Å². The molecule has 0 radical (unpaired) electrons. The third-order valence-corrected chi connectivity index (χ3v) is 12.6. The number of rotatable bonds is 42. The maximum absolute atomic E-state index is 12.8. The van der Waals surface area contributed by atoms with Crippen molar-refractivity contribution in [3.63, 3.8) is 0 Å². The number of aliphatic hydroxyl groups is 5. The van der Waals surface area contributed by atoms with Crippen LogP contribution in [0.4, 0.5) is 0 Å². The summed E-state index contributed by atoms with van der Waals surface area (Å²) < 4.78 is 33.6. The lowest BCUT2D eigenvalue weighted by Gasteiger charge is -2.41. The van der Waals surface area contributed by atoms with E-state index < -0.39 is 75.7 Å². The summed E-state index contributed by atoms with van der Waals surface area (Å²) in [5.74, 6) is -1.11. The van der Waals surface area contributed by atoms with Crippen LogP contribution in [0.25, 0.3) is 0 Å². The predicted molar refractivity (Wildman–Crippen MR) is 262 cm³/mol. The minimum absolute atomic E-state index is 0.0877. The van der Waals surface area contributed by atoms with Gasteiger partial charge >= 0.3 is 19.8 Å². The smallest absolute Gasteiger partial charge is 0.462 e. The molecule has 1 aliphatic rings. The van der Waals surface area contributed by atoms with E-state index in [1.807, 2.05) is 0 Å². The molecular weight excluding hydrogens is 864 g/mol. The lowest BCUT2D eigenvalue weighted by atomic mass is 9.85. The highest BCUT2D eigenvalue weighted by Crippen LogP contribution is 2.47. The van der Waals surface area contributed by atoms with E-state index in [1.165, 1.54) is 64.2 Å². The van der Waals surface area contributed by atoms with Gasteiger partial charge in [-0.15, -0.1) is 0 Å². The van der Waals surface area contributed by atoms with E-state index in [1.54, 1.807) is 0 Å². The van der Waals surface area contributed by atoms with Crippen molar-refractivity contribution in [1.82, 2.24) is 0 Å². The number of esters is 2. The third-order valence-electron chi connectivity index (χ3n) is 11.6. The van der Waals surface area contributed by atoms with Crippen molar-refractivity contribution in [2.24, 2.45) is 0 Å². The minimum Gasteiger partial charge on any atom is -0.462 e. The van der Waals surface area contributed by atoms with Crippen LogP contribution in [0.2, 0.25) is 0 Å². The Morgan fingerprint density at radius 1 is 0.485 bits per heavy atom. The fourth-order valence-electron chi connectivity index (χ4n) is 7.51. The second-order valence-electron chi connectivity index (χ2n) is 17.6. The number of hydrogen-bond acceptors (Lipinski definition) is 12. The van der Waals surface area contributed by atoms with Crippen LogP contribution in [0, 0.1) is 0 Å². The zero-order valence-corrected chi connectivity index (χ0v) is 41.6. The van der Waals surface area contributed by atoms with Crippen molar-refractivity contribution in [2.75, 3.05) is 13.2 Å². The summed E-state index contributed by atoms with van der Waals surface area (Å²) in [5, 5.41) is 50.2. The van der Waals surface area contributed by atoms with Gasteiger partial charge in [-0.2, -0.15) is 0 Å². The van der Waals surface area contributed by atoms with Gasteiger partial charge in [0.2, 0.25) is 0 Å². The van der Waals surface area contributed by atoms with E-state index in [0.29, 0.717) is 12.8 Å². The van der Waals surface area contributed by atoms with Gasteiger partial charge in [0.1, 0.15) is 43.2 Å². The van der Waals surface area contributed by atoms with Crippen LogP contribution in [0.15, 0.2) is 60.8 Å². The molecule has 14 heteroatoms. The summed E-state index contributed by atoms with van der Waals surface area (Å²) >= 11 is 0. The average molecular weight is 955 g/mol. The Bertz CT molecular complexity index is 1380. The van der Waals surface area contributed by atoms with Gasteiger partial charge in [0.25, 0.3) is 0 Å². The first-order valence-electron chi connectivity index (χ1n) is 25.6. The van der Waals surface area contributed by atoms with Crippen LogP contribution >= 0.6 is 7.82 Å². The number of phosphoric acid groups is 1. The van der Waals surface area contributed by atoms with Gasteiger partial charge in [0.15, 0.2) is 6.10 Å². The van der Waals surface area contributed by atoms with Gasteiger partial charge in [-0.3, -0.25) is 18.6 Å². The number of unbranched alkanes of at least 4 members (excludes halogenated alkanes) is 20. The lowest BCUT2D eigenvalue weighted by Crippen LogP contribution is -2.64. The number of ether oxygens (including phenoxy) is 2. The predicted octanol–water partition coefficient (Wildman–Crippen LogP) is 10.9. The van der Waals surface area contributed by atoms with Gasteiger partial charge in [-0.05, 0) is 77.0 Å². The van der Waals surface area contributed by atoms with Crippen LogP contribution in [0.5, 0.6) is 0 Å². The number of carbonyl (C=O) groups excluding carboxylic acids is 2. The molecule has 382 valence electrons. The normalized spacial score (nSPS) is 21.8. The van der Waals surface area contributed by atoms with Gasteiger partial charge in [-0.25, -0.2) is 4.57 Å². The molecule has 0 saturated heterocycles. The van der Waals surface area contributed by atoms with Crippen molar-refractivity contribution in [3.8, 4) is 0 Å². The summed E-state index contributed by atoms with van der Waals surface area (Å²) in [6.45, 7) is 3.18. The first-order chi connectivity index (χ1) is 31.9. The van der Waals surface area contributed by atoms with E-state index in [0.717, 1.165) is 96.3 Å². The molecule has 1 rings (SSSR count). The Labute approximate surface area is 398 Å². The molecule has 6 N–H and O–H groups in total. The molecule has 66 heavy (non-hydrogen) atoms. The third kappa shape index (κ3) is 33.1. The zero-order chi connectivity index (χ0) is 48.5. The molecule has 6 atom stereocenters. The second kappa shape index (κ2) is 41.5. The lowest BCUT2D eigenvalue weighted by molar-refractivity contribution is -0.220. The highest BCUT2D eigenvalue weighted by atomic mass is 31.2. The van der Waals surface area contributed by atoms with Crippen LogP contribution in [0.3, 0.4) is 0 Å². The largest absolute Gasteiger partial charge is 0.472 e. The Kier molecular flexibility index (Phi) is 38.7. The molecular formula is C52H91O13P. The number of aliphatic hydroxyl groups excluding tert-OH is 5. The van der Waals surface area contributed by atoms with Gasteiger partial charge in [0.05, 0.1) is 6.61 Å². The zero-order valence-electron chi connectivity index (χ0n) is 40.7. The van der Waals surface area contributed by atoms with Crippen LogP contribution < -0.4 is 0 Å². The SMILES string of the molecule is CC/C=C\C/C=C\C/C=C\C/C=C\CCCCCCCCCCCCC(=O)OC(COC(=O)CCCCCCC/C=C\CCCCCCC)COP(=O)(O)OC1C(O)C(O)C(O)C(O)C1O. The number of phosphoric ester groups is 1. The highest BCUT2D eigenvalue weighted by molar-refractivity contribution is 7.47. The summed E-state index contributed by atoms with van der Waals surface area (Å²) in [7, 11) is -5.13. The summed E-state index contributed by atoms with van der Waals surface area (Å²) in [4.78, 5) is 35.8. The molecule has 0 aliphatic heterocycles. The summed E-state index contributed by atoms with van der Waals surface area (Å²) in [5.41, 5.74) is 0. The molecule has 6 unspecified atom stereocenters. The quantitative estimate of drug-likeness (QED) is 0.0146. The van der Waals surface area contributed by atoms with Crippen molar-refractivity contribution < 1.29 is 63.1 Å². The molecule has 1 aliphatic carbocycles. The number of allylic oxidation sites excluding steroid dienone is 10. The Morgan fingerprint density at radius 2 is 0.864 bits per heavy atom. The first-order valence-corrected chi connectivity index (χ1v) is 27.1. The van der Waals surface area contributed by atoms with E-state index in [2.05, 4.69) is 74.6 Å². The molecule has 0 aromatic heterocycles. The molecule has 0 amide bonds. The van der Waals surface area contributed by atoms with Crippen molar-refractivity contribution in [3.05, 3.63) is 60.8 Å². The fraction of sp³-hybridized carbons (Fsp3) is 0.769. The molecule has 1 fully saturated rings. The monoisotopic (exact) mass is 955 g/mol. The van der Waals surface area contributed by atoms with Gasteiger partial charge in [-0.1, -0.05) is 171 Å². The average Bonchev–Trinajstić information content (AvgIpc) is 3.30. The van der Waals surface area contributed by atoms with Crippen molar-refractivity contribution >= 4 is 19.8 Å². The molecule has 0 bridgehead atoms. The molecule has 0 heterocycles. The second-order valence-corrected chi connectivity index (χ2v) is 19.0. The van der Waals surface area contributed by atoms with Crippen molar-refractivity contribution in [2.45, 2.75) is 243 Å². The van der Waals surface area contributed by atoms with Crippen LogP contribution in [0.1, 0.15) is 200 Å². The van der Waals surface area contributed by atoms with E-state index in [9.17, 15) is 44.6 Å². The Morgan fingerprint density at radius 3 is 1.33 bits per heavy atom. The Hall–Kier alpha value is -2.45. The molecule has 0 aromatic rings. The fourth-order valence-corrected chi connectivity index (χ4v) is 8.48. The van der Waals surface area contributed by atoms with Crippen LogP contribution in [-0.2, 0) is 32.7 Å². The number of carbonyl (C=O) groups is 2. The Balaban J connectivity index is 2.39. The topological polar surface area (TPSA) is 210 Å². The van der Waals surface area contributed by atoms with E-state index >= 15 is 0 Å². The molecule has 1 saturated carbocycles. The van der Waals surface area contributed by atoms with Gasteiger partial charge in [0, 0.05) is 12.8 Å². The summed E-state index contributed by atoms with van der Waals surface area (Å²) in [6, 6.07) is 0. The van der Waals surface area contributed by atoms with Crippen molar-refractivity contribution in [1.29, 1.82) is 0 Å². The van der Waals surface area contributed by atoms with E-state index in [-0.39, 0.29) is 12.8 Å². The summed E-state index contributed by atoms with van der Waals surface area (Å²) in [6.07, 6.45) is 38.4.